The van der Waals surface area contributed by atoms with Crippen LogP contribution in [0.2, 0.25) is 0 Å². The SMILES string of the molecule is CCNC(=O)NC(=O)[C@H](OC(=O)[C@@H](C)Oc1ccccc1)c1ccccc1. The van der Waals surface area contributed by atoms with Crippen molar-refractivity contribution in [3.8, 4) is 5.75 Å². The highest BCUT2D eigenvalue weighted by molar-refractivity contribution is 5.97. The maximum absolute atomic E-state index is 12.5. The molecule has 27 heavy (non-hydrogen) atoms. The number of rotatable bonds is 7. The van der Waals surface area contributed by atoms with Crippen molar-refractivity contribution in [3.63, 3.8) is 0 Å². The number of esters is 1. The van der Waals surface area contributed by atoms with Crippen LogP contribution in [-0.2, 0) is 14.3 Å². The molecule has 2 aromatic carbocycles. The number of imide groups is 1. The number of para-hydroxylation sites is 1. The van der Waals surface area contributed by atoms with E-state index in [0.29, 0.717) is 17.9 Å². The molecule has 0 radical (unpaired) electrons. The van der Waals surface area contributed by atoms with Gasteiger partial charge in [0.1, 0.15) is 5.75 Å². The van der Waals surface area contributed by atoms with Gasteiger partial charge >= 0.3 is 12.0 Å². The molecule has 0 saturated heterocycles. The molecule has 2 rings (SSSR count). The molecule has 0 heterocycles. The van der Waals surface area contributed by atoms with Gasteiger partial charge in [0, 0.05) is 12.1 Å². The smallest absolute Gasteiger partial charge is 0.348 e. The molecule has 0 unspecified atom stereocenters. The standard InChI is InChI=1S/C20H22N2O5/c1-3-21-20(25)22-18(23)17(15-10-6-4-7-11-15)27-19(24)14(2)26-16-12-8-5-9-13-16/h4-14,17H,3H2,1-2H3,(H2,21,22,23,25)/t14-,17-/m1/s1. The molecule has 0 saturated carbocycles. The monoisotopic (exact) mass is 370 g/mol. The third-order valence-electron chi connectivity index (χ3n) is 3.54. The van der Waals surface area contributed by atoms with Gasteiger partial charge in [-0.05, 0) is 26.0 Å². The average molecular weight is 370 g/mol. The molecule has 0 aliphatic carbocycles. The second kappa shape index (κ2) is 9.96. The van der Waals surface area contributed by atoms with Crippen molar-refractivity contribution in [1.82, 2.24) is 10.6 Å². The number of ether oxygens (including phenoxy) is 2. The van der Waals surface area contributed by atoms with Gasteiger partial charge in [0.05, 0.1) is 0 Å². The largest absolute Gasteiger partial charge is 0.479 e. The number of amides is 3. The van der Waals surface area contributed by atoms with E-state index in [1.54, 1.807) is 61.5 Å². The van der Waals surface area contributed by atoms with E-state index >= 15 is 0 Å². The van der Waals surface area contributed by atoms with Crippen molar-refractivity contribution >= 4 is 17.9 Å². The number of hydrogen-bond donors (Lipinski definition) is 2. The zero-order valence-electron chi connectivity index (χ0n) is 15.2. The molecule has 142 valence electrons. The van der Waals surface area contributed by atoms with Crippen molar-refractivity contribution in [1.29, 1.82) is 0 Å². The fraction of sp³-hybridized carbons (Fsp3) is 0.250. The van der Waals surface area contributed by atoms with Crippen molar-refractivity contribution in [2.45, 2.75) is 26.1 Å². The second-order valence-electron chi connectivity index (χ2n) is 5.65. The van der Waals surface area contributed by atoms with Gasteiger partial charge in [-0.15, -0.1) is 0 Å². The second-order valence-corrected chi connectivity index (χ2v) is 5.65. The van der Waals surface area contributed by atoms with Crippen LogP contribution in [0.4, 0.5) is 4.79 Å². The van der Waals surface area contributed by atoms with E-state index in [-0.39, 0.29) is 0 Å². The lowest BCUT2D eigenvalue weighted by atomic mass is 10.1. The number of urea groups is 1. The molecular weight excluding hydrogens is 348 g/mol. The molecule has 0 bridgehead atoms. The van der Waals surface area contributed by atoms with Gasteiger partial charge in [0.2, 0.25) is 6.10 Å². The first kappa shape index (κ1) is 20.0. The van der Waals surface area contributed by atoms with Crippen LogP contribution in [-0.4, -0.2) is 30.6 Å². The molecule has 0 fully saturated rings. The summed E-state index contributed by atoms with van der Waals surface area (Å²) in [4.78, 5) is 36.5. The molecule has 0 aliphatic rings. The Morgan fingerprint density at radius 2 is 1.56 bits per heavy atom. The van der Waals surface area contributed by atoms with Crippen LogP contribution >= 0.6 is 0 Å². The fourth-order valence-electron chi connectivity index (χ4n) is 2.25. The summed E-state index contributed by atoms with van der Waals surface area (Å²) in [5, 5.41) is 4.62. The number of carbonyl (C=O) groups excluding carboxylic acids is 3. The summed E-state index contributed by atoms with van der Waals surface area (Å²) in [6.07, 6.45) is -2.21. The van der Waals surface area contributed by atoms with E-state index < -0.39 is 30.1 Å². The van der Waals surface area contributed by atoms with Gasteiger partial charge in [0.25, 0.3) is 5.91 Å². The van der Waals surface area contributed by atoms with Crippen molar-refractivity contribution in [2.24, 2.45) is 0 Å². The molecule has 0 aromatic heterocycles. The Bertz CT molecular complexity index is 764. The quantitative estimate of drug-likeness (QED) is 0.731. The van der Waals surface area contributed by atoms with E-state index in [1.165, 1.54) is 6.92 Å². The predicted molar refractivity (Wildman–Crippen MR) is 99.0 cm³/mol. The van der Waals surface area contributed by atoms with Gasteiger partial charge in [0.15, 0.2) is 6.10 Å². The lowest BCUT2D eigenvalue weighted by Crippen LogP contribution is -2.43. The molecule has 2 atom stereocenters. The first-order chi connectivity index (χ1) is 13.0. The first-order valence-electron chi connectivity index (χ1n) is 8.57. The first-order valence-corrected chi connectivity index (χ1v) is 8.57. The van der Waals surface area contributed by atoms with E-state index in [1.807, 2.05) is 6.07 Å². The van der Waals surface area contributed by atoms with E-state index in [0.717, 1.165) is 0 Å². The minimum absolute atomic E-state index is 0.358. The van der Waals surface area contributed by atoms with Gasteiger partial charge in [-0.25, -0.2) is 9.59 Å². The predicted octanol–water partition coefficient (Wildman–Crippen LogP) is 2.58. The molecule has 2 aromatic rings. The highest BCUT2D eigenvalue weighted by atomic mass is 16.6. The maximum atomic E-state index is 12.5. The summed E-state index contributed by atoms with van der Waals surface area (Å²) in [6, 6.07) is 16.6. The lowest BCUT2D eigenvalue weighted by molar-refractivity contribution is -0.162. The van der Waals surface area contributed by atoms with Crippen LogP contribution in [0.1, 0.15) is 25.5 Å². The van der Waals surface area contributed by atoms with Crippen molar-refractivity contribution < 1.29 is 23.9 Å². The normalized spacial score (nSPS) is 12.4. The van der Waals surface area contributed by atoms with Gasteiger partial charge < -0.3 is 14.8 Å². The molecule has 0 aliphatic heterocycles. The molecule has 3 amide bonds. The molecule has 7 heteroatoms. The maximum Gasteiger partial charge on any atom is 0.348 e. The number of carbonyl (C=O) groups is 3. The number of nitrogens with one attached hydrogen (secondary N) is 2. The van der Waals surface area contributed by atoms with Crippen molar-refractivity contribution in [3.05, 3.63) is 66.2 Å². The summed E-state index contributed by atoms with van der Waals surface area (Å²) < 4.78 is 10.9. The van der Waals surface area contributed by atoms with E-state index in [9.17, 15) is 14.4 Å². The summed E-state index contributed by atoms with van der Waals surface area (Å²) in [5.41, 5.74) is 0.444. The summed E-state index contributed by atoms with van der Waals surface area (Å²) in [7, 11) is 0. The minimum atomic E-state index is -1.27. The number of hydrogen-bond acceptors (Lipinski definition) is 5. The molecule has 0 spiro atoms. The van der Waals surface area contributed by atoms with Crippen LogP contribution in [0.3, 0.4) is 0 Å². The Hall–Kier alpha value is -3.35. The lowest BCUT2D eigenvalue weighted by Gasteiger charge is -2.20. The van der Waals surface area contributed by atoms with Crippen LogP contribution in [0.5, 0.6) is 5.75 Å². The molecule has 7 nitrogen and oxygen atoms in total. The Labute approximate surface area is 157 Å². The Kier molecular flexibility index (Phi) is 7.37. The highest BCUT2D eigenvalue weighted by Crippen LogP contribution is 2.20. The van der Waals surface area contributed by atoms with Crippen molar-refractivity contribution in [2.75, 3.05) is 6.54 Å². The Morgan fingerprint density at radius 1 is 0.963 bits per heavy atom. The fourth-order valence-corrected chi connectivity index (χ4v) is 2.25. The van der Waals surface area contributed by atoms with E-state index in [4.69, 9.17) is 9.47 Å². The topological polar surface area (TPSA) is 93.7 Å². The van der Waals surface area contributed by atoms with E-state index in [2.05, 4.69) is 10.6 Å². The summed E-state index contributed by atoms with van der Waals surface area (Å²) in [6.45, 7) is 3.61. The van der Waals surface area contributed by atoms with Gasteiger partial charge in [-0.2, -0.15) is 0 Å². The Morgan fingerprint density at radius 3 is 2.15 bits per heavy atom. The average Bonchev–Trinajstić information content (AvgIpc) is 2.67. The third kappa shape index (κ3) is 6.14. The van der Waals surface area contributed by atoms with Crippen LogP contribution in [0, 0.1) is 0 Å². The van der Waals surface area contributed by atoms with Gasteiger partial charge in [-0.3, -0.25) is 10.1 Å². The van der Waals surface area contributed by atoms with Gasteiger partial charge in [-0.1, -0.05) is 48.5 Å². The number of benzene rings is 2. The summed E-state index contributed by atoms with van der Waals surface area (Å²) in [5.74, 6) is -0.962. The highest BCUT2D eigenvalue weighted by Gasteiger charge is 2.29. The zero-order valence-corrected chi connectivity index (χ0v) is 15.2. The Balaban J connectivity index is 2.10. The van der Waals surface area contributed by atoms with Crippen LogP contribution in [0.15, 0.2) is 60.7 Å². The van der Waals surface area contributed by atoms with Crippen LogP contribution in [0.25, 0.3) is 0 Å². The molecular formula is C20H22N2O5. The molecule has 2 N–H and O–H groups in total. The third-order valence-corrected chi connectivity index (χ3v) is 3.54. The minimum Gasteiger partial charge on any atom is -0.479 e. The van der Waals surface area contributed by atoms with Crippen LogP contribution < -0.4 is 15.4 Å². The summed E-state index contributed by atoms with van der Waals surface area (Å²) >= 11 is 0. The zero-order chi connectivity index (χ0) is 19.6.